The van der Waals surface area contributed by atoms with Crippen LogP contribution in [0.1, 0.15) is 11.4 Å². The maximum Gasteiger partial charge on any atom is 0.275 e. The average Bonchev–Trinajstić information content (AvgIpc) is 2.77. The number of hydrogen-bond donors (Lipinski definition) is 1. The van der Waals surface area contributed by atoms with Gasteiger partial charge in [0.1, 0.15) is 6.33 Å². The fourth-order valence-corrected chi connectivity index (χ4v) is 1.80. The van der Waals surface area contributed by atoms with Crippen LogP contribution in [0.25, 0.3) is 0 Å². The molecule has 1 heterocycles. The number of rotatable bonds is 5. The van der Waals surface area contributed by atoms with Gasteiger partial charge in [-0.2, -0.15) is 5.10 Å². The van der Waals surface area contributed by atoms with Crippen LogP contribution in [0.2, 0.25) is 5.02 Å². The van der Waals surface area contributed by atoms with Gasteiger partial charge in [0.15, 0.2) is 5.82 Å². The molecule has 7 nitrogen and oxygen atoms in total. The second-order valence-corrected chi connectivity index (χ2v) is 4.40. The van der Waals surface area contributed by atoms with E-state index in [0.29, 0.717) is 29.5 Å². The van der Waals surface area contributed by atoms with Gasteiger partial charge in [0.2, 0.25) is 0 Å². The minimum Gasteiger partial charge on any atom is -0.305 e. The van der Waals surface area contributed by atoms with Crippen molar-refractivity contribution in [2.24, 2.45) is 7.05 Å². The van der Waals surface area contributed by atoms with E-state index in [4.69, 9.17) is 11.6 Å². The Labute approximate surface area is 114 Å². The molecule has 2 aromatic rings. The smallest absolute Gasteiger partial charge is 0.275 e. The van der Waals surface area contributed by atoms with Crippen LogP contribution in [0.3, 0.4) is 0 Å². The highest BCUT2D eigenvalue weighted by Gasteiger charge is 2.13. The lowest BCUT2D eigenvalue weighted by molar-refractivity contribution is -0.385. The van der Waals surface area contributed by atoms with Crippen molar-refractivity contribution in [3.05, 3.63) is 51.1 Å². The van der Waals surface area contributed by atoms with Crippen LogP contribution >= 0.6 is 11.6 Å². The molecule has 0 aliphatic rings. The van der Waals surface area contributed by atoms with Crippen molar-refractivity contribution < 1.29 is 4.92 Å². The molecule has 0 spiro atoms. The van der Waals surface area contributed by atoms with E-state index in [1.54, 1.807) is 30.2 Å². The number of nitrogens with zero attached hydrogens (tertiary/aromatic N) is 4. The van der Waals surface area contributed by atoms with Gasteiger partial charge >= 0.3 is 0 Å². The van der Waals surface area contributed by atoms with E-state index in [0.717, 1.165) is 0 Å². The Hall–Kier alpha value is -1.99. The molecule has 0 radical (unpaired) electrons. The first kappa shape index (κ1) is 13.4. The molecule has 0 bridgehead atoms. The first-order valence-corrected chi connectivity index (χ1v) is 5.92. The zero-order valence-corrected chi connectivity index (χ0v) is 11.0. The van der Waals surface area contributed by atoms with Gasteiger partial charge in [-0.15, -0.1) is 0 Å². The highest BCUT2D eigenvalue weighted by molar-refractivity contribution is 6.30. The molecule has 0 aliphatic carbocycles. The van der Waals surface area contributed by atoms with Crippen LogP contribution in [0, 0.1) is 10.1 Å². The van der Waals surface area contributed by atoms with E-state index in [2.05, 4.69) is 15.4 Å². The third-order valence-electron chi connectivity index (χ3n) is 2.49. The minimum atomic E-state index is -0.443. The monoisotopic (exact) mass is 281 g/mol. The predicted octanol–water partition coefficient (Wildman–Crippen LogP) is 1.67. The summed E-state index contributed by atoms with van der Waals surface area (Å²) in [6.07, 6.45) is 1.60. The van der Waals surface area contributed by atoms with E-state index in [-0.39, 0.29) is 5.69 Å². The molecule has 0 aliphatic heterocycles. The van der Waals surface area contributed by atoms with Gasteiger partial charge in [0.25, 0.3) is 5.69 Å². The van der Waals surface area contributed by atoms with Crippen LogP contribution in [-0.2, 0) is 20.1 Å². The number of nitro benzene ring substituents is 1. The molecule has 100 valence electrons. The molecular formula is C11H12ClN5O2. The Morgan fingerprint density at radius 1 is 1.47 bits per heavy atom. The molecule has 1 N–H and O–H groups in total. The minimum absolute atomic E-state index is 0.00831. The zero-order chi connectivity index (χ0) is 13.8. The van der Waals surface area contributed by atoms with Crippen LogP contribution in [0.5, 0.6) is 0 Å². The summed E-state index contributed by atoms with van der Waals surface area (Å²) in [5, 5.41) is 18.4. The maximum absolute atomic E-state index is 10.9. The Bertz CT molecular complexity index is 599. The lowest BCUT2D eigenvalue weighted by atomic mass is 10.2. The standard InChI is InChI=1S/C11H12ClN5O2/c1-16-7-14-11(15-16)6-13-5-8-2-3-9(12)4-10(8)17(18)19/h2-4,7,13H,5-6H2,1H3. The first-order valence-electron chi connectivity index (χ1n) is 5.54. The zero-order valence-electron chi connectivity index (χ0n) is 10.2. The van der Waals surface area contributed by atoms with Crippen LogP contribution < -0.4 is 5.32 Å². The quantitative estimate of drug-likeness (QED) is 0.665. The van der Waals surface area contributed by atoms with Gasteiger partial charge in [0, 0.05) is 30.2 Å². The number of nitrogens with one attached hydrogen (secondary N) is 1. The Morgan fingerprint density at radius 2 is 2.26 bits per heavy atom. The maximum atomic E-state index is 10.9. The average molecular weight is 282 g/mol. The normalized spacial score (nSPS) is 10.6. The highest BCUT2D eigenvalue weighted by Crippen LogP contribution is 2.22. The summed E-state index contributed by atoms with van der Waals surface area (Å²) >= 11 is 5.75. The van der Waals surface area contributed by atoms with Gasteiger partial charge in [-0.25, -0.2) is 4.98 Å². The number of benzene rings is 1. The van der Waals surface area contributed by atoms with Crippen molar-refractivity contribution >= 4 is 17.3 Å². The number of aromatic nitrogens is 3. The van der Waals surface area contributed by atoms with E-state index in [9.17, 15) is 10.1 Å². The molecule has 1 aromatic heterocycles. The molecule has 0 unspecified atom stereocenters. The van der Waals surface area contributed by atoms with Crippen molar-refractivity contribution in [2.75, 3.05) is 0 Å². The molecule has 0 amide bonds. The number of aryl methyl sites for hydroxylation is 1. The fraction of sp³-hybridized carbons (Fsp3) is 0.273. The third kappa shape index (κ3) is 3.49. The van der Waals surface area contributed by atoms with Gasteiger partial charge in [0.05, 0.1) is 11.5 Å². The van der Waals surface area contributed by atoms with Gasteiger partial charge in [-0.3, -0.25) is 14.8 Å². The van der Waals surface area contributed by atoms with Crippen LogP contribution in [0.15, 0.2) is 24.5 Å². The Morgan fingerprint density at radius 3 is 2.89 bits per heavy atom. The van der Waals surface area contributed by atoms with E-state index >= 15 is 0 Å². The van der Waals surface area contributed by atoms with Crippen molar-refractivity contribution in [1.29, 1.82) is 0 Å². The summed E-state index contributed by atoms with van der Waals surface area (Å²) in [5.41, 5.74) is 0.583. The molecular weight excluding hydrogens is 270 g/mol. The van der Waals surface area contributed by atoms with E-state index in [1.807, 2.05) is 0 Å². The molecule has 8 heteroatoms. The van der Waals surface area contributed by atoms with Crippen LogP contribution in [-0.4, -0.2) is 19.7 Å². The number of nitro groups is 1. The molecule has 19 heavy (non-hydrogen) atoms. The summed E-state index contributed by atoms with van der Waals surface area (Å²) in [4.78, 5) is 14.5. The molecule has 2 rings (SSSR count). The SMILES string of the molecule is Cn1cnc(CNCc2ccc(Cl)cc2[N+](=O)[O-])n1. The molecule has 0 fully saturated rings. The van der Waals surface area contributed by atoms with Gasteiger partial charge in [-0.05, 0) is 12.1 Å². The van der Waals surface area contributed by atoms with E-state index < -0.39 is 4.92 Å². The number of halogens is 1. The molecule has 1 aromatic carbocycles. The van der Waals surface area contributed by atoms with Crippen molar-refractivity contribution in [2.45, 2.75) is 13.1 Å². The second kappa shape index (κ2) is 5.77. The van der Waals surface area contributed by atoms with Crippen LogP contribution in [0.4, 0.5) is 5.69 Å². The lowest BCUT2D eigenvalue weighted by Crippen LogP contribution is -2.15. The van der Waals surface area contributed by atoms with E-state index in [1.165, 1.54) is 6.07 Å². The Balaban J connectivity index is 2.01. The summed E-state index contributed by atoms with van der Waals surface area (Å²) < 4.78 is 1.60. The topological polar surface area (TPSA) is 85.9 Å². The molecule has 0 saturated heterocycles. The largest absolute Gasteiger partial charge is 0.305 e. The predicted molar refractivity (Wildman–Crippen MR) is 69.7 cm³/mol. The van der Waals surface area contributed by atoms with Gasteiger partial charge < -0.3 is 5.32 Å². The summed E-state index contributed by atoms with van der Waals surface area (Å²) in [6.45, 7) is 0.798. The summed E-state index contributed by atoms with van der Waals surface area (Å²) in [7, 11) is 1.78. The van der Waals surface area contributed by atoms with Crippen molar-refractivity contribution in [3.8, 4) is 0 Å². The lowest BCUT2D eigenvalue weighted by Gasteiger charge is -2.04. The van der Waals surface area contributed by atoms with Crippen molar-refractivity contribution in [1.82, 2.24) is 20.1 Å². The Kier molecular flexibility index (Phi) is 4.08. The molecule has 0 atom stereocenters. The summed E-state index contributed by atoms with van der Waals surface area (Å²) in [6, 6.07) is 4.61. The second-order valence-electron chi connectivity index (χ2n) is 3.97. The fourth-order valence-electron chi connectivity index (χ4n) is 1.63. The van der Waals surface area contributed by atoms with Gasteiger partial charge in [-0.1, -0.05) is 11.6 Å². The first-order chi connectivity index (χ1) is 9.06. The third-order valence-corrected chi connectivity index (χ3v) is 2.72. The highest BCUT2D eigenvalue weighted by atomic mass is 35.5. The summed E-state index contributed by atoms with van der Waals surface area (Å²) in [5.74, 6) is 0.638. The number of hydrogen-bond acceptors (Lipinski definition) is 5. The molecule has 0 saturated carbocycles. The van der Waals surface area contributed by atoms with Crippen molar-refractivity contribution in [3.63, 3.8) is 0 Å².